The van der Waals surface area contributed by atoms with Crippen molar-refractivity contribution >= 4 is 23.7 Å². The van der Waals surface area contributed by atoms with Gasteiger partial charge in [-0.2, -0.15) is 5.10 Å². The SMILES string of the molecule is O=C(N/N=C\c1ccc(-c2ccccc2)cc1)c1ccc(Cl)cc1. The highest BCUT2D eigenvalue weighted by Gasteiger charge is 2.03. The molecule has 0 bridgehead atoms. The van der Waals surface area contributed by atoms with Gasteiger partial charge in [-0.25, -0.2) is 5.43 Å². The van der Waals surface area contributed by atoms with Gasteiger partial charge >= 0.3 is 0 Å². The number of hydrazone groups is 1. The fraction of sp³-hybridized carbons (Fsp3) is 0. The Labute approximate surface area is 145 Å². The largest absolute Gasteiger partial charge is 0.271 e. The summed E-state index contributed by atoms with van der Waals surface area (Å²) in [6.45, 7) is 0. The van der Waals surface area contributed by atoms with Crippen molar-refractivity contribution in [1.29, 1.82) is 0 Å². The summed E-state index contributed by atoms with van der Waals surface area (Å²) in [5.41, 5.74) is 6.22. The smallest absolute Gasteiger partial charge is 0.267 e. The average Bonchev–Trinajstić information content (AvgIpc) is 2.63. The van der Waals surface area contributed by atoms with E-state index in [1.54, 1.807) is 30.5 Å². The summed E-state index contributed by atoms with van der Waals surface area (Å²) in [6, 6.07) is 24.8. The number of carbonyl (C=O) groups excluding carboxylic acids is 1. The Morgan fingerprint density at radius 2 is 1.46 bits per heavy atom. The predicted octanol–water partition coefficient (Wildman–Crippen LogP) is 4.77. The maximum absolute atomic E-state index is 11.9. The number of halogens is 1. The van der Waals surface area contributed by atoms with E-state index < -0.39 is 0 Å². The van der Waals surface area contributed by atoms with Crippen LogP contribution in [-0.4, -0.2) is 12.1 Å². The molecule has 0 spiro atoms. The van der Waals surface area contributed by atoms with E-state index in [-0.39, 0.29) is 5.91 Å². The van der Waals surface area contributed by atoms with E-state index in [1.165, 1.54) is 0 Å². The third-order valence-electron chi connectivity index (χ3n) is 3.50. The lowest BCUT2D eigenvalue weighted by Crippen LogP contribution is -2.17. The van der Waals surface area contributed by atoms with Crippen molar-refractivity contribution < 1.29 is 4.79 Å². The molecular weight excluding hydrogens is 320 g/mol. The molecule has 0 aliphatic carbocycles. The van der Waals surface area contributed by atoms with Gasteiger partial charge in [0.05, 0.1) is 6.21 Å². The number of carbonyl (C=O) groups is 1. The van der Waals surface area contributed by atoms with Crippen molar-refractivity contribution in [3.05, 3.63) is 95.0 Å². The first-order chi connectivity index (χ1) is 11.7. The minimum absolute atomic E-state index is 0.274. The van der Waals surface area contributed by atoms with Gasteiger partial charge < -0.3 is 0 Å². The number of nitrogens with zero attached hydrogens (tertiary/aromatic N) is 1. The van der Waals surface area contributed by atoms with Crippen LogP contribution in [0.15, 0.2) is 84.0 Å². The lowest BCUT2D eigenvalue weighted by Gasteiger charge is -2.02. The maximum atomic E-state index is 11.9. The Kier molecular flexibility index (Phi) is 5.04. The van der Waals surface area contributed by atoms with Crippen LogP contribution in [0.5, 0.6) is 0 Å². The predicted molar refractivity (Wildman–Crippen MR) is 98.4 cm³/mol. The summed E-state index contributed by atoms with van der Waals surface area (Å²) in [5, 5.41) is 4.58. The minimum atomic E-state index is -0.274. The van der Waals surface area contributed by atoms with Crippen molar-refractivity contribution in [1.82, 2.24) is 5.43 Å². The highest BCUT2D eigenvalue weighted by atomic mass is 35.5. The Balaban J connectivity index is 1.62. The van der Waals surface area contributed by atoms with Gasteiger partial charge in [0.1, 0.15) is 0 Å². The molecule has 0 saturated carbocycles. The molecule has 3 nitrogen and oxygen atoms in total. The van der Waals surface area contributed by atoms with Crippen LogP contribution in [0.25, 0.3) is 11.1 Å². The topological polar surface area (TPSA) is 41.5 Å². The first-order valence-corrected chi connectivity index (χ1v) is 7.84. The van der Waals surface area contributed by atoms with E-state index in [4.69, 9.17) is 11.6 Å². The molecule has 0 atom stereocenters. The molecule has 1 amide bonds. The molecule has 1 N–H and O–H groups in total. The molecule has 3 aromatic rings. The molecule has 0 heterocycles. The number of hydrogen-bond donors (Lipinski definition) is 1. The molecular formula is C20H15ClN2O. The quantitative estimate of drug-likeness (QED) is 0.542. The highest BCUT2D eigenvalue weighted by molar-refractivity contribution is 6.30. The van der Waals surface area contributed by atoms with Gasteiger partial charge in [0.2, 0.25) is 0 Å². The molecule has 0 aromatic heterocycles. The molecule has 0 aliphatic heterocycles. The monoisotopic (exact) mass is 334 g/mol. The third-order valence-corrected chi connectivity index (χ3v) is 3.76. The zero-order valence-electron chi connectivity index (χ0n) is 12.8. The molecule has 0 fully saturated rings. The minimum Gasteiger partial charge on any atom is -0.267 e. The number of amides is 1. The Hall–Kier alpha value is -2.91. The highest BCUT2D eigenvalue weighted by Crippen LogP contribution is 2.18. The zero-order valence-corrected chi connectivity index (χ0v) is 13.6. The molecule has 3 aromatic carbocycles. The maximum Gasteiger partial charge on any atom is 0.271 e. The molecule has 3 rings (SSSR count). The standard InChI is InChI=1S/C20H15ClN2O/c21-19-12-10-18(11-13-19)20(24)23-22-14-15-6-8-17(9-7-15)16-4-2-1-3-5-16/h1-14H,(H,23,24)/b22-14-. The van der Waals surface area contributed by atoms with Crippen LogP contribution in [0.1, 0.15) is 15.9 Å². The lowest BCUT2D eigenvalue weighted by molar-refractivity contribution is 0.0955. The fourth-order valence-corrected chi connectivity index (χ4v) is 2.35. The number of hydrogen-bond acceptors (Lipinski definition) is 2. The lowest BCUT2D eigenvalue weighted by atomic mass is 10.0. The second-order valence-corrected chi connectivity index (χ2v) is 5.63. The van der Waals surface area contributed by atoms with Crippen LogP contribution in [0.4, 0.5) is 0 Å². The normalized spacial score (nSPS) is 10.7. The van der Waals surface area contributed by atoms with E-state index in [0.29, 0.717) is 10.6 Å². The first-order valence-electron chi connectivity index (χ1n) is 7.47. The van der Waals surface area contributed by atoms with Gasteiger partial charge in [0.25, 0.3) is 5.91 Å². The van der Waals surface area contributed by atoms with Crippen LogP contribution >= 0.6 is 11.6 Å². The van der Waals surface area contributed by atoms with Crippen LogP contribution in [-0.2, 0) is 0 Å². The van der Waals surface area contributed by atoms with Crippen LogP contribution < -0.4 is 5.43 Å². The number of rotatable bonds is 4. The van der Waals surface area contributed by atoms with E-state index in [1.807, 2.05) is 42.5 Å². The van der Waals surface area contributed by atoms with E-state index in [9.17, 15) is 4.79 Å². The summed E-state index contributed by atoms with van der Waals surface area (Å²) in [6.07, 6.45) is 1.61. The van der Waals surface area contributed by atoms with Gasteiger partial charge in [-0.3, -0.25) is 4.79 Å². The van der Waals surface area contributed by atoms with Gasteiger partial charge in [-0.05, 0) is 41.0 Å². The Morgan fingerprint density at radius 3 is 2.12 bits per heavy atom. The van der Waals surface area contributed by atoms with E-state index >= 15 is 0 Å². The van der Waals surface area contributed by atoms with Crippen LogP contribution in [0.3, 0.4) is 0 Å². The van der Waals surface area contributed by atoms with Crippen molar-refractivity contribution in [3.8, 4) is 11.1 Å². The molecule has 24 heavy (non-hydrogen) atoms. The van der Waals surface area contributed by atoms with Gasteiger partial charge in [0.15, 0.2) is 0 Å². The Morgan fingerprint density at radius 1 is 0.833 bits per heavy atom. The summed E-state index contributed by atoms with van der Waals surface area (Å²) in [7, 11) is 0. The van der Waals surface area contributed by atoms with Crippen molar-refractivity contribution in [2.24, 2.45) is 5.10 Å². The van der Waals surface area contributed by atoms with Crippen molar-refractivity contribution in [2.45, 2.75) is 0 Å². The summed E-state index contributed by atoms with van der Waals surface area (Å²) >= 11 is 5.80. The zero-order chi connectivity index (χ0) is 16.8. The molecule has 118 valence electrons. The van der Waals surface area contributed by atoms with Gasteiger partial charge in [-0.1, -0.05) is 66.2 Å². The van der Waals surface area contributed by atoms with Crippen LogP contribution in [0, 0.1) is 0 Å². The Bertz CT molecular complexity index is 841. The van der Waals surface area contributed by atoms with E-state index in [2.05, 4.69) is 22.7 Å². The first kappa shape index (κ1) is 16.0. The number of nitrogens with one attached hydrogen (secondary N) is 1. The second-order valence-electron chi connectivity index (χ2n) is 5.19. The van der Waals surface area contributed by atoms with Crippen LogP contribution in [0.2, 0.25) is 5.02 Å². The molecule has 0 radical (unpaired) electrons. The van der Waals surface area contributed by atoms with E-state index in [0.717, 1.165) is 16.7 Å². The summed E-state index contributed by atoms with van der Waals surface area (Å²) < 4.78 is 0. The molecule has 0 saturated heterocycles. The average molecular weight is 335 g/mol. The third kappa shape index (κ3) is 4.09. The summed E-state index contributed by atoms with van der Waals surface area (Å²) in [4.78, 5) is 11.9. The molecule has 0 aliphatic rings. The summed E-state index contributed by atoms with van der Waals surface area (Å²) in [5.74, 6) is -0.274. The fourth-order valence-electron chi connectivity index (χ4n) is 2.22. The molecule has 4 heteroatoms. The second kappa shape index (κ2) is 7.57. The number of benzene rings is 3. The van der Waals surface area contributed by atoms with Gasteiger partial charge in [0, 0.05) is 10.6 Å². The molecule has 0 unspecified atom stereocenters. The van der Waals surface area contributed by atoms with Crippen molar-refractivity contribution in [2.75, 3.05) is 0 Å². The van der Waals surface area contributed by atoms with Crippen molar-refractivity contribution in [3.63, 3.8) is 0 Å². The van der Waals surface area contributed by atoms with Gasteiger partial charge in [-0.15, -0.1) is 0 Å².